The summed E-state index contributed by atoms with van der Waals surface area (Å²) in [6.07, 6.45) is 1.58. The van der Waals surface area contributed by atoms with Crippen molar-refractivity contribution < 1.29 is 26.9 Å². The van der Waals surface area contributed by atoms with Gasteiger partial charge in [-0.15, -0.1) is 0 Å². The first-order chi connectivity index (χ1) is 16.7. The summed E-state index contributed by atoms with van der Waals surface area (Å²) in [6, 6.07) is 17.9. The molecule has 1 heterocycles. The van der Waals surface area contributed by atoms with Crippen LogP contribution in [0.3, 0.4) is 0 Å². The van der Waals surface area contributed by atoms with Crippen molar-refractivity contribution in [3.63, 3.8) is 0 Å². The van der Waals surface area contributed by atoms with E-state index in [9.17, 15) is 18.0 Å². The molecule has 0 unspecified atom stereocenters. The van der Waals surface area contributed by atoms with Gasteiger partial charge in [0.1, 0.15) is 10.6 Å². The number of methoxy groups -OCH3 is 1. The number of ether oxygens (including phenoxy) is 1. The van der Waals surface area contributed by atoms with E-state index in [2.05, 4.69) is 31.9 Å². The number of benzene rings is 3. The van der Waals surface area contributed by atoms with Crippen LogP contribution in [0.25, 0.3) is 6.08 Å². The molecule has 0 bridgehead atoms. The maximum atomic E-state index is 12.9. The van der Waals surface area contributed by atoms with Gasteiger partial charge >= 0.3 is 10.1 Å². The summed E-state index contributed by atoms with van der Waals surface area (Å²) < 4.78 is 36.7. The van der Waals surface area contributed by atoms with Crippen molar-refractivity contribution in [3.05, 3.63) is 91.7 Å². The minimum absolute atomic E-state index is 0.0204. The van der Waals surface area contributed by atoms with Gasteiger partial charge in [-0.05, 0) is 87.4 Å². The van der Waals surface area contributed by atoms with Crippen LogP contribution in [0.4, 0.5) is 4.79 Å². The first kappa shape index (κ1) is 25.5. The van der Waals surface area contributed by atoms with Crippen LogP contribution in [0, 0.1) is 0 Å². The van der Waals surface area contributed by atoms with Gasteiger partial charge in [0.2, 0.25) is 0 Å². The molecule has 11 heteroatoms. The number of hydrogen-bond donors (Lipinski definition) is 0. The van der Waals surface area contributed by atoms with Crippen LogP contribution >= 0.6 is 43.6 Å². The number of halogens is 2. The first-order valence-corrected chi connectivity index (χ1v) is 13.9. The van der Waals surface area contributed by atoms with Crippen molar-refractivity contribution in [2.24, 2.45) is 0 Å². The second-order valence-electron chi connectivity index (χ2n) is 7.26. The number of amides is 2. The normalized spacial score (nSPS) is 15.1. The van der Waals surface area contributed by atoms with E-state index in [1.165, 1.54) is 42.3 Å². The Kier molecular flexibility index (Phi) is 7.70. The molecule has 0 N–H and O–H groups in total. The number of carbonyl (C=O) groups is 2. The van der Waals surface area contributed by atoms with E-state index in [-0.39, 0.29) is 27.3 Å². The Bertz CT molecular complexity index is 1440. The Labute approximate surface area is 223 Å². The summed E-state index contributed by atoms with van der Waals surface area (Å²) in [4.78, 5) is 26.8. The van der Waals surface area contributed by atoms with Crippen molar-refractivity contribution in [2.45, 2.75) is 11.4 Å². The van der Waals surface area contributed by atoms with Crippen LogP contribution in [0.15, 0.2) is 85.5 Å². The second-order valence-corrected chi connectivity index (χ2v) is 11.5. The highest BCUT2D eigenvalue weighted by Gasteiger charge is 2.35. The fourth-order valence-corrected chi connectivity index (χ4v) is 5.95. The number of rotatable bonds is 7. The number of thioether (sulfide) groups is 1. The van der Waals surface area contributed by atoms with Gasteiger partial charge in [0, 0.05) is 4.47 Å². The van der Waals surface area contributed by atoms with E-state index in [0.29, 0.717) is 15.8 Å². The average Bonchev–Trinajstić information content (AvgIpc) is 3.09. The number of imide groups is 1. The van der Waals surface area contributed by atoms with E-state index in [0.717, 1.165) is 21.8 Å². The lowest BCUT2D eigenvalue weighted by molar-refractivity contribution is -0.123. The van der Waals surface area contributed by atoms with Gasteiger partial charge in [0.25, 0.3) is 11.1 Å². The summed E-state index contributed by atoms with van der Waals surface area (Å²) in [5.74, 6) is 0.213. The quantitative estimate of drug-likeness (QED) is 0.224. The molecule has 35 heavy (non-hydrogen) atoms. The van der Waals surface area contributed by atoms with Crippen LogP contribution in [0.5, 0.6) is 11.5 Å². The highest BCUT2D eigenvalue weighted by Crippen LogP contribution is 2.36. The van der Waals surface area contributed by atoms with Gasteiger partial charge < -0.3 is 8.92 Å². The molecule has 0 atom stereocenters. The lowest BCUT2D eigenvalue weighted by Gasteiger charge is -2.13. The minimum atomic E-state index is -4.07. The molecule has 7 nitrogen and oxygen atoms in total. The maximum absolute atomic E-state index is 12.9. The lowest BCUT2D eigenvalue weighted by Crippen LogP contribution is -2.27. The molecule has 0 aromatic heterocycles. The molecule has 3 aromatic rings. The summed E-state index contributed by atoms with van der Waals surface area (Å²) >= 11 is 7.61. The van der Waals surface area contributed by atoms with E-state index in [1.807, 2.05) is 24.3 Å². The maximum Gasteiger partial charge on any atom is 0.339 e. The molecule has 180 valence electrons. The largest absolute Gasteiger partial charge is 0.497 e. The number of hydrogen-bond acceptors (Lipinski definition) is 7. The monoisotopic (exact) mass is 637 g/mol. The zero-order valence-corrected chi connectivity index (χ0v) is 22.9. The van der Waals surface area contributed by atoms with Crippen molar-refractivity contribution in [1.29, 1.82) is 0 Å². The third-order valence-electron chi connectivity index (χ3n) is 4.96. The standard InChI is InChI=1S/C24H17Br2NO6S2/c1-32-17-7-9-18(10-8-17)35(30,31)33-21-11-6-15(12-20(21)26)13-22-23(28)27(24(29)34-22)14-16-4-2-3-5-19(16)25/h2-13H,14H2,1H3/b22-13-. The Hall–Kier alpha value is -2.60. The zero-order valence-electron chi connectivity index (χ0n) is 18.1. The lowest BCUT2D eigenvalue weighted by atomic mass is 10.2. The Morgan fingerprint density at radius 3 is 2.34 bits per heavy atom. The van der Waals surface area contributed by atoms with E-state index < -0.39 is 16.0 Å². The van der Waals surface area contributed by atoms with E-state index >= 15 is 0 Å². The highest BCUT2D eigenvalue weighted by atomic mass is 79.9. The van der Waals surface area contributed by atoms with Gasteiger partial charge in [0.15, 0.2) is 5.75 Å². The topological polar surface area (TPSA) is 90.0 Å². The summed E-state index contributed by atoms with van der Waals surface area (Å²) in [5, 5.41) is -0.360. The molecule has 3 aromatic carbocycles. The SMILES string of the molecule is COc1ccc(S(=O)(=O)Oc2ccc(/C=C3\SC(=O)N(Cc4ccccc4Br)C3=O)cc2Br)cc1. The Balaban J connectivity index is 1.51. The van der Waals surface area contributed by atoms with Crippen LogP contribution in [0.2, 0.25) is 0 Å². The molecule has 4 rings (SSSR count). The van der Waals surface area contributed by atoms with Gasteiger partial charge in [-0.25, -0.2) is 0 Å². The fourth-order valence-electron chi connectivity index (χ4n) is 3.17. The molecule has 0 aliphatic carbocycles. The summed E-state index contributed by atoms with van der Waals surface area (Å²) in [5.41, 5.74) is 1.41. The molecule has 1 aliphatic rings. The first-order valence-electron chi connectivity index (χ1n) is 10.0. The van der Waals surface area contributed by atoms with Crippen LogP contribution in [-0.4, -0.2) is 31.6 Å². The fraction of sp³-hybridized carbons (Fsp3) is 0.0833. The molecular weight excluding hydrogens is 622 g/mol. The van der Waals surface area contributed by atoms with Crippen LogP contribution in [0.1, 0.15) is 11.1 Å². The molecule has 0 saturated carbocycles. The molecule has 2 amide bonds. The second kappa shape index (κ2) is 10.6. The smallest absolute Gasteiger partial charge is 0.339 e. The summed E-state index contributed by atoms with van der Waals surface area (Å²) in [7, 11) is -2.58. The minimum Gasteiger partial charge on any atom is -0.497 e. The predicted molar refractivity (Wildman–Crippen MR) is 141 cm³/mol. The number of nitrogens with zero attached hydrogens (tertiary/aromatic N) is 1. The zero-order chi connectivity index (χ0) is 25.2. The Morgan fingerprint density at radius 1 is 0.971 bits per heavy atom. The highest BCUT2D eigenvalue weighted by molar-refractivity contribution is 9.10. The van der Waals surface area contributed by atoms with Crippen LogP contribution in [-0.2, 0) is 21.5 Å². The van der Waals surface area contributed by atoms with Gasteiger partial charge in [0.05, 0.1) is 23.0 Å². The third kappa shape index (κ3) is 5.80. The molecule has 1 saturated heterocycles. The van der Waals surface area contributed by atoms with Crippen molar-refractivity contribution in [1.82, 2.24) is 4.90 Å². The molecule has 1 fully saturated rings. The molecule has 0 spiro atoms. The van der Waals surface area contributed by atoms with Crippen molar-refractivity contribution in [2.75, 3.05) is 7.11 Å². The predicted octanol–water partition coefficient (Wildman–Crippen LogP) is 6.22. The van der Waals surface area contributed by atoms with Crippen molar-refractivity contribution in [3.8, 4) is 11.5 Å². The van der Waals surface area contributed by atoms with Gasteiger partial charge in [-0.1, -0.05) is 40.2 Å². The van der Waals surface area contributed by atoms with Crippen LogP contribution < -0.4 is 8.92 Å². The van der Waals surface area contributed by atoms with Gasteiger partial charge in [-0.3, -0.25) is 14.5 Å². The van der Waals surface area contributed by atoms with E-state index in [4.69, 9.17) is 8.92 Å². The number of carbonyl (C=O) groups excluding carboxylic acids is 2. The summed E-state index contributed by atoms with van der Waals surface area (Å²) in [6.45, 7) is 0.156. The average molecular weight is 639 g/mol. The van der Waals surface area contributed by atoms with E-state index in [1.54, 1.807) is 18.2 Å². The molecule has 1 aliphatic heterocycles. The molecule has 0 radical (unpaired) electrons. The Morgan fingerprint density at radius 2 is 1.69 bits per heavy atom. The molecular formula is C24H17Br2NO6S2. The van der Waals surface area contributed by atoms with Crippen molar-refractivity contribution >= 4 is 71.0 Å². The van der Waals surface area contributed by atoms with Gasteiger partial charge in [-0.2, -0.15) is 8.42 Å². The third-order valence-corrected chi connectivity index (χ3v) is 8.51.